The van der Waals surface area contributed by atoms with E-state index in [1.54, 1.807) is 30.4 Å². The molecule has 0 saturated heterocycles. The molecule has 126 valence electrons. The van der Waals surface area contributed by atoms with Crippen molar-refractivity contribution in [2.45, 2.75) is 17.9 Å². The first kappa shape index (κ1) is 16.5. The SMILES string of the molecule is Cn1ncc2c(c1=O)SCCCN2OCc1ccc([N+](=O)[O-])cc1. The number of anilines is 1. The van der Waals surface area contributed by atoms with Gasteiger partial charge in [-0.05, 0) is 24.1 Å². The molecule has 1 aromatic heterocycles. The van der Waals surface area contributed by atoms with Gasteiger partial charge in [0.1, 0.15) is 10.6 Å². The minimum Gasteiger partial charge on any atom is -0.269 e. The van der Waals surface area contributed by atoms with Crippen molar-refractivity contribution >= 4 is 23.1 Å². The van der Waals surface area contributed by atoms with Crippen molar-refractivity contribution < 1.29 is 9.76 Å². The second-order valence-corrected chi connectivity index (χ2v) is 6.39. The lowest BCUT2D eigenvalue weighted by Crippen LogP contribution is -2.28. The van der Waals surface area contributed by atoms with Crippen LogP contribution in [-0.2, 0) is 18.5 Å². The van der Waals surface area contributed by atoms with Crippen LogP contribution >= 0.6 is 11.8 Å². The number of nitro groups is 1. The Hall–Kier alpha value is -2.39. The monoisotopic (exact) mass is 348 g/mol. The van der Waals surface area contributed by atoms with Gasteiger partial charge in [0.25, 0.3) is 11.2 Å². The number of nitro benzene ring substituents is 1. The Labute approximate surface area is 142 Å². The molecule has 0 bridgehead atoms. The maximum Gasteiger partial charge on any atom is 0.282 e. The minimum absolute atomic E-state index is 0.0444. The van der Waals surface area contributed by atoms with Gasteiger partial charge in [-0.15, -0.1) is 11.8 Å². The lowest BCUT2D eigenvalue weighted by Gasteiger charge is -2.23. The number of benzene rings is 1. The first-order chi connectivity index (χ1) is 11.6. The van der Waals surface area contributed by atoms with E-state index in [2.05, 4.69) is 5.10 Å². The van der Waals surface area contributed by atoms with Crippen molar-refractivity contribution in [3.05, 3.63) is 56.5 Å². The van der Waals surface area contributed by atoms with Crippen LogP contribution in [0.2, 0.25) is 0 Å². The molecule has 0 atom stereocenters. The molecule has 1 aliphatic rings. The summed E-state index contributed by atoms with van der Waals surface area (Å²) < 4.78 is 1.31. The van der Waals surface area contributed by atoms with Crippen LogP contribution in [0.1, 0.15) is 12.0 Å². The van der Waals surface area contributed by atoms with Crippen LogP contribution in [0.4, 0.5) is 11.4 Å². The third-order valence-corrected chi connectivity index (χ3v) is 4.79. The Morgan fingerprint density at radius 2 is 2.12 bits per heavy atom. The summed E-state index contributed by atoms with van der Waals surface area (Å²) in [5.41, 5.74) is 1.39. The van der Waals surface area contributed by atoms with E-state index in [0.717, 1.165) is 17.7 Å². The maximum absolute atomic E-state index is 12.2. The van der Waals surface area contributed by atoms with Crippen molar-refractivity contribution in [1.82, 2.24) is 9.78 Å². The number of fused-ring (bicyclic) bond motifs is 1. The van der Waals surface area contributed by atoms with E-state index in [-0.39, 0.29) is 17.9 Å². The molecule has 0 unspecified atom stereocenters. The minimum atomic E-state index is -0.436. The van der Waals surface area contributed by atoms with Crippen molar-refractivity contribution in [2.24, 2.45) is 7.05 Å². The normalized spacial score (nSPS) is 14.1. The zero-order chi connectivity index (χ0) is 17.1. The average Bonchev–Trinajstić information content (AvgIpc) is 2.79. The molecule has 2 aromatic rings. The van der Waals surface area contributed by atoms with Crippen LogP contribution in [0, 0.1) is 10.1 Å². The van der Waals surface area contributed by atoms with Gasteiger partial charge in [0.05, 0.1) is 17.7 Å². The molecule has 0 N–H and O–H groups in total. The Morgan fingerprint density at radius 3 is 2.83 bits per heavy atom. The molecular weight excluding hydrogens is 332 g/mol. The molecule has 0 radical (unpaired) electrons. The molecule has 24 heavy (non-hydrogen) atoms. The fourth-order valence-electron chi connectivity index (χ4n) is 2.33. The molecule has 0 spiro atoms. The first-order valence-corrected chi connectivity index (χ1v) is 8.37. The third kappa shape index (κ3) is 3.41. The molecule has 1 aliphatic heterocycles. The lowest BCUT2D eigenvalue weighted by molar-refractivity contribution is -0.384. The number of hydrogen-bond acceptors (Lipinski definition) is 7. The van der Waals surface area contributed by atoms with Gasteiger partial charge in [0.2, 0.25) is 0 Å². The quantitative estimate of drug-likeness (QED) is 0.617. The molecule has 0 aliphatic carbocycles. The zero-order valence-electron chi connectivity index (χ0n) is 13.0. The number of hydroxylamine groups is 1. The summed E-state index contributed by atoms with van der Waals surface area (Å²) in [5.74, 6) is 0.837. The van der Waals surface area contributed by atoms with Crippen LogP contribution in [0.5, 0.6) is 0 Å². The predicted octanol–water partition coefficient (Wildman–Crippen LogP) is 2.12. The molecule has 1 aromatic carbocycles. The fourth-order valence-corrected chi connectivity index (χ4v) is 3.36. The molecule has 8 nitrogen and oxygen atoms in total. The Balaban J connectivity index is 1.77. The fraction of sp³-hybridized carbons (Fsp3) is 0.333. The van der Waals surface area contributed by atoms with Gasteiger partial charge < -0.3 is 0 Å². The van der Waals surface area contributed by atoms with E-state index in [0.29, 0.717) is 17.1 Å². The van der Waals surface area contributed by atoms with Crippen molar-refractivity contribution in [3.8, 4) is 0 Å². The van der Waals surface area contributed by atoms with Gasteiger partial charge in [-0.25, -0.2) is 4.68 Å². The van der Waals surface area contributed by atoms with Gasteiger partial charge in [-0.2, -0.15) is 5.10 Å². The van der Waals surface area contributed by atoms with Gasteiger partial charge in [-0.3, -0.25) is 24.8 Å². The zero-order valence-corrected chi connectivity index (χ0v) is 13.9. The molecule has 0 fully saturated rings. The summed E-state index contributed by atoms with van der Waals surface area (Å²) >= 11 is 1.51. The summed E-state index contributed by atoms with van der Waals surface area (Å²) in [7, 11) is 1.62. The van der Waals surface area contributed by atoms with E-state index in [1.807, 2.05) is 0 Å². The molecule has 9 heteroatoms. The van der Waals surface area contributed by atoms with Crippen LogP contribution in [-0.4, -0.2) is 27.0 Å². The molecule has 0 saturated carbocycles. The lowest BCUT2D eigenvalue weighted by atomic mass is 10.2. The predicted molar refractivity (Wildman–Crippen MR) is 90.1 cm³/mol. The number of non-ortho nitro benzene ring substituents is 1. The molecule has 2 heterocycles. The van der Waals surface area contributed by atoms with E-state index in [4.69, 9.17) is 4.84 Å². The number of thioether (sulfide) groups is 1. The molecule has 0 amide bonds. The Kier molecular flexibility index (Phi) is 4.81. The highest BCUT2D eigenvalue weighted by atomic mass is 32.2. The van der Waals surface area contributed by atoms with Gasteiger partial charge in [0, 0.05) is 31.5 Å². The highest BCUT2D eigenvalue weighted by Gasteiger charge is 2.20. The van der Waals surface area contributed by atoms with Crippen LogP contribution in [0.3, 0.4) is 0 Å². The van der Waals surface area contributed by atoms with Crippen molar-refractivity contribution in [2.75, 3.05) is 17.4 Å². The summed E-state index contributed by atoms with van der Waals surface area (Å²) in [4.78, 5) is 28.9. The second kappa shape index (κ2) is 7.02. The van der Waals surface area contributed by atoms with Crippen molar-refractivity contribution in [3.63, 3.8) is 0 Å². The molecular formula is C15H16N4O4S. The van der Waals surface area contributed by atoms with Gasteiger partial charge >= 0.3 is 0 Å². The maximum atomic E-state index is 12.2. The number of hydrogen-bond donors (Lipinski definition) is 0. The highest BCUT2D eigenvalue weighted by molar-refractivity contribution is 7.99. The smallest absolute Gasteiger partial charge is 0.269 e. The second-order valence-electron chi connectivity index (χ2n) is 5.29. The van der Waals surface area contributed by atoms with E-state index < -0.39 is 4.92 Å². The number of rotatable bonds is 4. The largest absolute Gasteiger partial charge is 0.282 e. The highest BCUT2D eigenvalue weighted by Crippen LogP contribution is 2.30. The Morgan fingerprint density at radius 1 is 1.38 bits per heavy atom. The van der Waals surface area contributed by atoms with Gasteiger partial charge in [-0.1, -0.05) is 0 Å². The average molecular weight is 348 g/mol. The molecule has 3 rings (SSSR count). The summed E-state index contributed by atoms with van der Waals surface area (Å²) in [6, 6.07) is 6.21. The van der Waals surface area contributed by atoms with E-state index >= 15 is 0 Å². The van der Waals surface area contributed by atoms with Crippen LogP contribution < -0.4 is 10.6 Å². The number of aromatic nitrogens is 2. The topological polar surface area (TPSA) is 90.5 Å². The third-order valence-electron chi connectivity index (χ3n) is 3.63. The van der Waals surface area contributed by atoms with Crippen LogP contribution in [0.15, 0.2) is 40.2 Å². The number of aryl methyl sites for hydroxylation is 1. The van der Waals surface area contributed by atoms with Crippen LogP contribution in [0.25, 0.3) is 0 Å². The van der Waals surface area contributed by atoms with E-state index in [9.17, 15) is 14.9 Å². The first-order valence-electron chi connectivity index (χ1n) is 7.39. The van der Waals surface area contributed by atoms with Crippen molar-refractivity contribution in [1.29, 1.82) is 0 Å². The van der Waals surface area contributed by atoms with E-state index in [1.165, 1.54) is 28.6 Å². The summed E-state index contributed by atoms with van der Waals surface area (Å²) in [5, 5.41) is 16.4. The summed E-state index contributed by atoms with van der Waals surface area (Å²) in [6.45, 7) is 0.916. The Bertz CT molecular complexity index is 806. The van der Waals surface area contributed by atoms with Gasteiger partial charge in [0.15, 0.2) is 0 Å². The standard InChI is InChI=1S/C15H16N4O4S/c1-17-15(20)14-13(9-16-17)18(7-2-8-24-14)23-10-11-3-5-12(6-4-11)19(21)22/h3-6,9H,2,7-8,10H2,1H3. The summed E-state index contributed by atoms with van der Waals surface area (Å²) in [6.07, 6.45) is 2.51. The number of nitrogens with zero attached hydrogens (tertiary/aromatic N) is 4.